The van der Waals surface area contributed by atoms with E-state index >= 15 is 0 Å². The number of thiophene rings is 1. The highest BCUT2D eigenvalue weighted by atomic mass is 32.2. The first-order chi connectivity index (χ1) is 13.7. The lowest BCUT2D eigenvalue weighted by atomic mass is 10.1. The Morgan fingerprint density at radius 3 is 2.93 bits per heavy atom. The Kier molecular flexibility index (Phi) is 4.56. The van der Waals surface area contributed by atoms with Gasteiger partial charge in [0.15, 0.2) is 0 Å². The number of aromatic nitrogens is 4. The van der Waals surface area contributed by atoms with Crippen LogP contribution >= 0.6 is 23.1 Å². The maximum absolute atomic E-state index is 6.31. The molecule has 0 atom stereocenters. The van der Waals surface area contributed by atoms with E-state index in [1.807, 2.05) is 13.0 Å². The zero-order chi connectivity index (χ0) is 19.1. The average molecular weight is 414 g/mol. The molecule has 0 aromatic carbocycles. The first-order valence-electron chi connectivity index (χ1n) is 9.26. The van der Waals surface area contributed by atoms with E-state index in [-0.39, 0.29) is 0 Å². The number of aryl methyl sites for hydroxylation is 3. The van der Waals surface area contributed by atoms with Crippen LogP contribution in [0.2, 0.25) is 0 Å². The molecule has 1 aliphatic carbocycles. The van der Waals surface area contributed by atoms with Crippen molar-refractivity contribution in [3.8, 4) is 11.5 Å². The number of hydrogen-bond donors (Lipinski definition) is 1. The van der Waals surface area contributed by atoms with Gasteiger partial charge in [0, 0.05) is 4.88 Å². The molecule has 9 heteroatoms. The number of fused-ring (bicyclic) bond motifs is 3. The first kappa shape index (κ1) is 17.7. The molecule has 0 saturated heterocycles. The van der Waals surface area contributed by atoms with Crippen molar-refractivity contribution in [1.29, 1.82) is 0 Å². The maximum atomic E-state index is 6.31. The fourth-order valence-corrected chi connectivity index (χ4v) is 5.49. The average Bonchev–Trinajstić information content (AvgIpc) is 3.35. The lowest BCUT2D eigenvalue weighted by Gasteiger charge is -2.03. The molecule has 0 amide bonds. The molecular formula is C19H19N5O2S2. The van der Waals surface area contributed by atoms with E-state index in [0.717, 1.165) is 34.4 Å². The smallest absolute Gasteiger partial charge is 0.277 e. The third-order valence-electron chi connectivity index (χ3n) is 4.96. The summed E-state index contributed by atoms with van der Waals surface area (Å²) in [6.45, 7) is 1.86. The van der Waals surface area contributed by atoms with Crippen LogP contribution in [0.3, 0.4) is 0 Å². The van der Waals surface area contributed by atoms with Crippen LogP contribution in [0.5, 0.6) is 0 Å². The predicted octanol–water partition coefficient (Wildman–Crippen LogP) is 4.79. The van der Waals surface area contributed by atoms with Gasteiger partial charge in [0.2, 0.25) is 0 Å². The number of rotatable bonds is 4. The zero-order valence-corrected chi connectivity index (χ0v) is 17.0. The molecule has 144 valence electrons. The van der Waals surface area contributed by atoms with Crippen molar-refractivity contribution in [2.24, 2.45) is 0 Å². The normalized spacial score (nSPS) is 14.3. The molecule has 5 rings (SSSR count). The number of hydrogen-bond acceptors (Lipinski definition) is 9. The fraction of sp³-hybridized carbons (Fsp3) is 0.368. The zero-order valence-electron chi connectivity index (χ0n) is 15.4. The number of nitrogen functional groups attached to an aromatic ring is 1. The highest BCUT2D eigenvalue weighted by molar-refractivity contribution is 7.98. The number of furan rings is 1. The van der Waals surface area contributed by atoms with Crippen LogP contribution in [0.25, 0.3) is 21.7 Å². The van der Waals surface area contributed by atoms with E-state index in [1.54, 1.807) is 17.6 Å². The molecule has 2 N–H and O–H groups in total. The van der Waals surface area contributed by atoms with Gasteiger partial charge in [-0.2, -0.15) is 0 Å². The van der Waals surface area contributed by atoms with E-state index in [2.05, 4.69) is 15.2 Å². The maximum Gasteiger partial charge on any atom is 0.277 e. The number of thioether (sulfide) groups is 1. The van der Waals surface area contributed by atoms with E-state index in [9.17, 15) is 0 Å². The van der Waals surface area contributed by atoms with Crippen molar-refractivity contribution >= 4 is 39.1 Å². The quantitative estimate of drug-likeness (QED) is 0.376. The second-order valence-electron chi connectivity index (χ2n) is 6.82. The Morgan fingerprint density at radius 2 is 2.07 bits per heavy atom. The summed E-state index contributed by atoms with van der Waals surface area (Å²) in [5.74, 6) is 2.99. The second kappa shape index (κ2) is 7.21. The molecule has 0 aliphatic heterocycles. The summed E-state index contributed by atoms with van der Waals surface area (Å²) in [5.41, 5.74) is 8.49. The van der Waals surface area contributed by atoms with Crippen LogP contribution in [0.4, 0.5) is 5.82 Å². The Hall–Kier alpha value is -2.39. The topological polar surface area (TPSA) is 104 Å². The molecule has 4 heterocycles. The lowest BCUT2D eigenvalue weighted by Crippen LogP contribution is -2.00. The van der Waals surface area contributed by atoms with Gasteiger partial charge in [0.1, 0.15) is 22.2 Å². The van der Waals surface area contributed by atoms with Crippen LogP contribution in [0.1, 0.15) is 41.3 Å². The molecular weight excluding hydrogens is 394 g/mol. The fourth-order valence-electron chi connectivity index (χ4n) is 3.58. The van der Waals surface area contributed by atoms with Crippen LogP contribution in [-0.4, -0.2) is 20.2 Å². The van der Waals surface area contributed by atoms with Crippen LogP contribution in [0.15, 0.2) is 26.4 Å². The van der Waals surface area contributed by atoms with Crippen molar-refractivity contribution in [1.82, 2.24) is 20.2 Å². The van der Waals surface area contributed by atoms with E-state index < -0.39 is 0 Å². The highest BCUT2D eigenvalue weighted by Crippen LogP contribution is 2.37. The van der Waals surface area contributed by atoms with Crippen LogP contribution < -0.4 is 5.73 Å². The van der Waals surface area contributed by atoms with Gasteiger partial charge < -0.3 is 14.6 Å². The highest BCUT2D eigenvalue weighted by Gasteiger charge is 2.20. The molecule has 4 aromatic heterocycles. The standard InChI is InChI=1S/C19H19N5O2S2/c1-10-11(7-8-25-10)17-23-24-19(26-17)27-9-14-21-16(20)15-12-5-3-2-4-6-13(12)28-18(15)22-14/h7-8H,2-6,9H2,1H3,(H2,20,21,22). The van der Waals surface area contributed by atoms with Crippen molar-refractivity contribution in [3.63, 3.8) is 0 Å². The summed E-state index contributed by atoms with van der Waals surface area (Å²) in [7, 11) is 0. The molecule has 0 saturated carbocycles. The Labute approximate surface area is 169 Å². The summed E-state index contributed by atoms with van der Waals surface area (Å²) in [6.07, 6.45) is 7.54. The van der Waals surface area contributed by atoms with Crippen molar-refractivity contribution in [2.75, 3.05) is 5.73 Å². The molecule has 0 radical (unpaired) electrons. The molecule has 0 bridgehead atoms. The summed E-state index contributed by atoms with van der Waals surface area (Å²) in [5, 5.41) is 9.72. The van der Waals surface area contributed by atoms with Crippen molar-refractivity contribution < 1.29 is 8.83 Å². The molecule has 0 fully saturated rings. The molecule has 0 spiro atoms. The minimum atomic E-state index is 0.451. The summed E-state index contributed by atoms with van der Waals surface area (Å²) in [6, 6.07) is 1.82. The molecule has 7 nitrogen and oxygen atoms in total. The van der Waals surface area contributed by atoms with Gasteiger partial charge in [-0.15, -0.1) is 21.5 Å². The van der Waals surface area contributed by atoms with Gasteiger partial charge in [-0.1, -0.05) is 18.2 Å². The van der Waals surface area contributed by atoms with Gasteiger partial charge in [-0.05, 0) is 44.2 Å². The molecule has 0 unspecified atom stereocenters. The first-order valence-corrected chi connectivity index (χ1v) is 11.1. The summed E-state index contributed by atoms with van der Waals surface area (Å²) >= 11 is 3.17. The Bertz CT molecular complexity index is 1150. The van der Waals surface area contributed by atoms with Crippen molar-refractivity contribution in [3.05, 3.63) is 34.4 Å². The minimum Gasteiger partial charge on any atom is -0.469 e. The van der Waals surface area contributed by atoms with Gasteiger partial charge in [0.05, 0.1) is 23.0 Å². The molecule has 1 aliphatic rings. The predicted molar refractivity (Wildman–Crippen MR) is 109 cm³/mol. The lowest BCUT2D eigenvalue weighted by molar-refractivity contribution is 0.463. The van der Waals surface area contributed by atoms with Gasteiger partial charge in [-0.3, -0.25) is 0 Å². The molecule has 4 aromatic rings. The van der Waals surface area contributed by atoms with Crippen LogP contribution in [0, 0.1) is 6.92 Å². The Balaban J connectivity index is 1.37. The minimum absolute atomic E-state index is 0.451. The van der Waals surface area contributed by atoms with E-state index in [0.29, 0.717) is 28.5 Å². The van der Waals surface area contributed by atoms with E-state index in [1.165, 1.54) is 41.5 Å². The number of nitrogens with zero attached hydrogens (tertiary/aromatic N) is 4. The van der Waals surface area contributed by atoms with Crippen LogP contribution in [-0.2, 0) is 18.6 Å². The summed E-state index contributed by atoms with van der Waals surface area (Å²) in [4.78, 5) is 11.7. The van der Waals surface area contributed by atoms with Crippen molar-refractivity contribution in [2.45, 2.75) is 50.0 Å². The number of nitrogens with two attached hydrogens (primary N) is 1. The van der Waals surface area contributed by atoms with Gasteiger partial charge in [-0.25, -0.2) is 9.97 Å². The summed E-state index contributed by atoms with van der Waals surface area (Å²) < 4.78 is 11.0. The Morgan fingerprint density at radius 1 is 1.18 bits per heavy atom. The van der Waals surface area contributed by atoms with Gasteiger partial charge in [0.25, 0.3) is 11.1 Å². The third kappa shape index (κ3) is 3.18. The SMILES string of the molecule is Cc1occc1-c1nnc(SCc2nc(N)c3c4c(sc3n2)CCCCC4)o1. The third-order valence-corrected chi connectivity index (χ3v) is 6.96. The second-order valence-corrected chi connectivity index (χ2v) is 8.83. The molecule has 28 heavy (non-hydrogen) atoms. The monoisotopic (exact) mass is 413 g/mol. The largest absolute Gasteiger partial charge is 0.469 e. The number of anilines is 1. The van der Waals surface area contributed by atoms with Gasteiger partial charge >= 0.3 is 0 Å². The van der Waals surface area contributed by atoms with E-state index in [4.69, 9.17) is 19.6 Å².